The van der Waals surface area contributed by atoms with Crippen LogP contribution in [0.15, 0.2) is 60.7 Å². The molecule has 0 saturated heterocycles. The van der Waals surface area contributed by atoms with Crippen molar-refractivity contribution in [1.82, 2.24) is 5.32 Å². The van der Waals surface area contributed by atoms with Crippen molar-refractivity contribution in [3.63, 3.8) is 0 Å². The van der Waals surface area contributed by atoms with E-state index in [0.717, 1.165) is 11.1 Å². The summed E-state index contributed by atoms with van der Waals surface area (Å²) >= 11 is 1.74. The average molecular weight is 343 g/mol. The highest BCUT2D eigenvalue weighted by Crippen LogP contribution is 2.22. The number of rotatable bonds is 6. The highest BCUT2D eigenvalue weighted by atomic mass is 32.1. The zero-order valence-corrected chi connectivity index (χ0v) is 14.2. The Labute approximate surface area is 145 Å². The third kappa shape index (κ3) is 4.49. The van der Waals surface area contributed by atoms with Crippen LogP contribution in [0.5, 0.6) is 0 Å². The number of benzene rings is 2. The van der Waals surface area contributed by atoms with E-state index in [-0.39, 0.29) is 17.7 Å². The van der Waals surface area contributed by atoms with E-state index < -0.39 is 0 Å². The monoisotopic (exact) mass is 343 g/mol. The van der Waals surface area contributed by atoms with E-state index >= 15 is 0 Å². The number of nitrogens with one attached hydrogen (secondary N) is 1. The molecular weight excluding hydrogens is 324 g/mol. The van der Waals surface area contributed by atoms with Crippen molar-refractivity contribution in [2.45, 2.75) is 25.9 Å². The number of hydrogen-bond acceptors (Lipinski definition) is 2. The van der Waals surface area contributed by atoms with Crippen LogP contribution in [-0.4, -0.2) is 0 Å². The van der Waals surface area contributed by atoms with Gasteiger partial charge < -0.3 is 5.32 Å². The first kappa shape index (κ1) is 16.8. The standard InChI is InChI=1S/C20H19F2NS/c1-14-8-9-19(24-14)13-23-20(16-5-3-7-18(22)12-16)11-15-4-2-6-17(21)10-15/h2-10,12,20,23H,11,13H2,1H3/t20-/m0/s1. The topological polar surface area (TPSA) is 12.0 Å². The quantitative estimate of drug-likeness (QED) is 0.631. The fraction of sp³-hybridized carbons (Fsp3) is 0.200. The molecule has 0 aliphatic rings. The Bertz CT molecular complexity index is 813. The maximum absolute atomic E-state index is 13.6. The second-order valence-corrected chi connectivity index (χ2v) is 7.21. The summed E-state index contributed by atoms with van der Waals surface area (Å²) in [5.74, 6) is -0.509. The average Bonchev–Trinajstić information content (AvgIpc) is 2.97. The molecule has 0 aliphatic heterocycles. The molecule has 0 fully saturated rings. The number of halogens is 2. The third-order valence-electron chi connectivity index (χ3n) is 3.90. The fourth-order valence-corrected chi connectivity index (χ4v) is 3.58. The van der Waals surface area contributed by atoms with Crippen LogP contribution in [0.2, 0.25) is 0 Å². The lowest BCUT2D eigenvalue weighted by Gasteiger charge is -2.19. The Hall–Kier alpha value is -2.04. The molecule has 1 aromatic heterocycles. The summed E-state index contributed by atoms with van der Waals surface area (Å²) in [5.41, 5.74) is 1.76. The largest absolute Gasteiger partial charge is 0.305 e. The predicted molar refractivity (Wildman–Crippen MR) is 95.1 cm³/mol. The molecule has 4 heteroatoms. The zero-order valence-electron chi connectivity index (χ0n) is 13.4. The van der Waals surface area contributed by atoms with Crippen LogP contribution in [-0.2, 0) is 13.0 Å². The maximum Gasteiger partial charge on any atom is 0.123 e. The first-order chi connectivity index (χ1) is 11.6. The first-order valence-corrected chi connectivity index (χ1v) is 8.70. The molecule has 1 N–H and O–H groups in total. The molecule has 3 aromatic rings. The molecule has 0 unspecified atom stereocenters. The van der Waals surface area contributed by atoms with Gasteiger partial charge in [-0.15, -0.1) is 11.3 Å². The normalized spacial score (nSPS) is 12.3. The first-order valence-electron chi connectivity index (χ1n) is 7.89. The summed E-state index contributed by atoms with van der Waals surface area (Å²) in [6.45, 7) is 2.78. The van der Waals surface area contributed by atoms with Crippen LogP contribution >= 0.6 is 11.3 Å². The molecule has 2 aromatic carbocycles. The minimum atomic E-state index is -0.259. The fourth-order valence-electron chi connectivity index (χ4n) is 2.73. The van der Waals surface area contributed by atoms with Gasteiger partial charge in [0.2, 0.25) is 0 Å². The second kappa shape index (κ2) is 7.69. The smallest absolute Gasteiger partial charge is 0.123 e. The summed E-state index contributed by atoms with van der Waals surface area (Å²) in [6.07, 6.45) is 0.603. The molecule has 1 nitrogen and oxygen atoms in total. The van der Waals surface area contributed by atoms with Gasteiger partial charge in [-0.25, -0.2) is 8.78 Å². The van der Waals surface area contributed by atoms with Crippen molar-refractivity contribution >= 4 is 11.3 Å². The number of thiophene rings is 1. The minimum absolute atomic E-state index is 0.0788. The van der Waals surface area contributed by atoms with Gasteiger partial charge in [0.25, 0.3) is 0 Å². The minimum Gasteiger partial charge on any atom is -0.305 e. The lowest BCUT2D eigenvalue weighted by Crippen LogP contribution is -2.22. The van der Waals surface area contributed by atoms with E-state index in [1.807, 2.05) is 12.1 Å². The van der Waals surface area contributed by atoms with Gasteiger partial charge in [-0.05, 0) is 60.9 Å². The highest BCUT2D eigenvalue weighted by Gasteiger charge is 2.14. The van der Waals surface area contributed by atoms with Gasteiger partial charge in [-0.1, -0.05) is 24.3 Å². The van der Waals surface area contributed by atoms with Gasteiger partial charge in [-0.3, -0.25) is 0 Å². The van der Waals surface area contributed by atoms with Crippen molar-refractivity contribution in [3.8, 4) is 0 Å². The molecule has 1 heterocycles. The van der Waals surface area contributed by atoms with Crippen LogP contribution in [0.25, 0.3) is 0 Å². The van der Waals surface area contributed by atoms with Gasteiger partial charge >= 0.3 is 0 Å². The number of hydrogen-bond donors (Lipinski definition) is 1. The molecule has 0 radical (unpaired) electrons. The van der Waals surface area contributed by atoms with E-state index in [4.69, 9.17) is 0 Å². The molecule has 0 saturated carbocycles. The van der Waals surface area contributed by atoms with Gasteiger partial charge in [-0.2, -0.15) is 0 Å². The van der Waals surface area contributed by atoms with Crippen LogP contribution < -0.4 is 5.32 Å². The summed E-state index contributed by atoms with van der Waals surface area (Å²) in [7, 11) is 0. The predicted octanol–water partition coefficient (Wildman–Crippen LogP) is 5.41. The van der Waals surface area contributed by atoms with Crippen molar-refractivity contribution in [3.05, 3.63) is 93.2 Å². The maximum atomic E-state index is 13.6. The molecular formula is C20H19F2NS. The molecule has 0 bridgehead atoms. The lowest BCUT2D eigenvalue weighted by molar-refractivity contribution is 0.526. The highest BCUT2D eigenvalue weighted by molar-refractivity contribution is 7.11. The Morgan fingerprint density at radius 1 is 0.958 bits per heavy atom. The van der Waals surface area contributed by atoms with Crippen LogP contribution in [0.4, 0.5) is 8.78 Å². The van der Waals surface area contributed by atoms with Crippen LogP contribution in [0.3, 0.4) is 0 Å². The molecule has 1 atom stereocenters. The van der Waals surface area contributed by atoms with Crippen molar-refractivity contribution in [2.24, 2.45) is 0 Å². The Morgan fingerprint density at radius 2 is 1.71 bits per heavy atom. The van der Waals surface area contributed by atoms with Crippen molar-refractivity contribution in [1.29, 1.82) is 0 Å². The Kier molecular flexibility index (Phi) is 5.38. The van der Waals surface area contributed by atoms with Gasteiger partial charge in [0.15, 0.2) is 0 Å². The van der Waals surface area contributed by atoms with Crippen molar-refractivity contribution < 1.29 is 8.78 Å². The molecule has 0 amide bonds. The molecule has 124 valence electrons. The van der Waals surface area contributed by atoms with E-state index in [0.29, 0.717) is 13.0 Å². The van der Waals surface area contributed by atoms with Crippen LogP contribution in [0.1, 0.15) is 26.9 Å². The Morgan fingerprint density at radius 3 is 2.38 bits per heavy atom. The zero-order chi connectivity index (χ0) is 16.9. The summed E-state index contributed by atoms with van der Waals surface area (Å²) in [4.78, 5) is 2.49. The molecule has 24 heavy (non-hydrogen) atoms. The van der Waals surface area contributed by atoms with E-state index in [1.165, 1.54) is 34.0 Å². The van der Waals surface area contributed by atoms with Gasteiger partial charge in [0.05, 0.1) is 0 Å². The van der Waals surface area contributed by atoms with E-state index in [1.54, 1.807) is 23.5 Å². The van der Waals surface area contributed by atoms with Gasteiger partial charge in [0, 0.05) is 22.3 Å². The SMILES string of the molecule is Cc1ccc(CN[C@@H](Cc2cccc(F)c2)c2cccc(F)c2)s1. The second-order valence-electron chi connectivity index (χ2n) is 5.83. The molecule has 0 spiro atoms. The summed E-state index contributed by atoms with van der Waals surface area (Å²) in [6, 6.07) is 17.3. The summed E-state index contributed by atoms with van der Waals surface area (Å²) < 4.78 is 27.1. The van der Waals surface area contributed by atoms with Gasteiger partial charge in [0.1, 0.15) is 11.6 Å². The van der Waals surface area contributed by atoms with E-state index in [2.05, 4.69) is 24.4 Å². The third-order valence-corrected chi connectivity index (χ3v) is 4.90. The lowest BCUT2D eigenvalue weighted by atomic mass is 9.98. The molecule has 0 aliphatic carbocycles. The molecule has 3 rings (SSSR count). The summed E-state index contributed by atoms with van der Waals surface area (Å²) in [5, 5.41) is 3.48. The number of aryl methyl sites for hydroxylation is 1. The van der Waals surface area contributed by atoms with Crippen molar-refractivity contribution in [2.75, 3.05) is 0 Å². The van der Waals surface area contributed by atoms with Crippen LogP contribution in [0, 0.1) is 18.6 Å². The Balaban J connectivity index is 1.80. The van der Waals surface area contributed by atoms with E-state index in [9.17, 15) is 8.78 Å².